The Morgan fingerprint density at radius 1 is 1.20 bits per heavy atom. The molecule has 0 N–H and O–H groups in total. The molecule has 20 heavy (non-hydrogen) atoms. The predicted octanol–water partition coefficient (Wildman–Crippen LogP) is 2.82. The average Bonchev–Trinajstić information content (AvgIpc) is 2.53. The molecule has 0 amide bonds. The summed E-state index contributed by atoms with van der Waals surface area (Å²) in [5, 5.41) is 8.91. The summed E-state index contributed by atoms with van der Waals surface area (Å²) in [6.45, 7) is 0. The largest absolute Gasteiger partial charge is 0.465 e. The monoisotopic (exact) mass is 265 g/mol. The lowest BCUT2D eigenvalue weighted by atomic mass is 9.99. The van der Waals surface area contributed by atoms with Gasteiger partial charge < -0.3 is 4.74 Å². The molecule has 0 spiro atoms. The number of rotatable bonds is 3. The summed E-state index contributed by atoms with van der Waals surface area (Å²) < 4.78 is 4.66. The van der Waals surface area contributed by atoms with Gasteiger partial charge in [0.2, 0.25) is 0 Å². The Kier molecular flexibility index (Phi) is 3.92. The van der Waals surface area contributed by atoms with E-state index in [4.69, 9.17) is 5.26 Å². The second-order valence-corrected chi connectivity index (χ2v) is 4.15. The van der Waals surface area contributed by atoms with Crippen LogP contribution in [-0.4, -0.2) is 19.4 Å². The molecule has 0 unspecified atom stereocenters. The van der Waals surface area contributed by atoms with Gasteiger partial charge in [0, 0.05) is 5.56 Å². The van der Waals surface area contributed by atoms with E-state index < -0.39 is 5.97 Å². The Morgan fingerprint density at radius 3 is 2.65 bits per heavy atom. The van der Waals surface area contributed by atoms with Gasteiger partial charge in [-0.15, -0.1) is 0 Å². The fourth-order valence-corrected chi connectivity index (χ4v) is 1.89. The van der Waals surface area contributed by atoms with Crippen LogP contribution >= 0.6 is 0 Å². The summed E-state index contributed by atoms with van der Waals surface area (Å²) in [6.07, 6.45) is 0.671. The van der Waals surface area contributed by atoms with Gasteiger partial charge in [-0.05, 0) is 41.5 Å². The Morgan fingerprint density at radius 2 is 2.00 bits per heavy atom. The quantitative estimate of drug-likeness (QED) is 0.632. The number of hydrogen-bond donors (Lipinski definition) is 0. The highest BCUT2D eigenvalue weighted by Gasteiger charge is 2.10. The van der Waals surface area contributed by atoms with Gasteiger partial charge in [0.25, 0.3) is 0 Å². The van der Waals surface area contributed by atoms with E-state index in [1.165, 1.54) is 13.2 Å². The number of aldehydes is 1. The Hall–Kier alpha value is -2.93. The van der Waals surface area contributed by atoms with Crippen LogP contribution in [0.3, 0.4) is 0 Å². The van der Waals surface area contributed by atoms with Gasteiger partial charge in [-0.3, -0.25) is 4.79 Å². The maximum atomic E-state index is 11.6. The molecule has 98 valence electrons. The van der Waals surface area contributed by atoms with Crippen molar-refractivity contribution in [3.05, 3.63) is 59.2 Å². The van der Waals surface area contributed by atoms with Crippen LogP contribution in [-0.2, 0) is 4.74 Å². The molecule has 2 aromatic rings. The molecular weight excluding hydrogens is 254 g/mol. The van der Waals surface area contributed by atoms with Crippen LogP contribution in [0.15, 0.2) is 42.5 Å². The molecule has 2 aromatic carbocycles. The van der Waals surface area contributed by atoms with E-state index in [2.05, 4.69) is 10.8 Å². The number of hydrogen-bond acceptors (Lipinski definition) is 4. The number of carbonyl (C=O) groups is 2. The zero-order valence-corrected chi connectivity index (χ0v) is 10.8. The molecule has 2 rings (SSSR count). The standard InChI is InChI=1S/C16H11NO3/c1-20-16(19)15-7-12(10-18)6-14(8-15)13-4-2-3-11(5-13)9-17/h2-8,10H,1H3. The van der Waals surface area contributed by atoms with Gasteiger partial charge in [-0.2, -0.15) is 5.26 Å². The van der Waals surface area contributed by atoms with Gasteiger partial charge in [0.15, 0.2) is 0 Å². The number of esters is 1. The highest BCUT2D eigenvalue weighted by Crippen LogP contribution is 2.23. The van der Waals surface area contributed by atoms with Crippen molar-refractivity contribution in [3.8, 4) is 17.2 Å². The second kappa shape index (κ2) is 5.81. The Labute approximate surface area is 116 Å². The average molecular weight is 265 g/mol. The van der Waals surface area contributed by atoms with Crippen molar-refractivity contribution < 1.29 is 14.3 Å². The molecule has 0 radical (unpaired) electrons. The van der Waals surface area contributed by atoms with E-state index in [1.807, 2.05) is 6.07 Å². The van der Waals surface area contributed by atoms with E-state index >= 15 is 0 Å². The zero-order chi connectivity index (χ0) is 14.5. The van der Waals surface area contributed by atoms with Gasteiger partial charge in [0.05, 0.1) is 24.3 Å². The third-order valence-electron chi connectivity index (χ3n) is 2.84. The van der Waals surface area contributed by atoms with Crippen LogP contribution in [0, 0.1) is 11.3 Å². The highest BCUT2D eigenvalue weighted by atomic mass is 16.5. The molecule has 0 heterocycles. The molecule has 0 aliphatic carbocycles. The lowest BCUT2D eigenvalue weighted by molar-refractivity contribution is 0.0601. The molecule has 4 nitrogen and oxygen atoms in total. The third kappa shape index (κ3) is 2.73. The predicted molar refractivity (Wildman–Crippen MR) is 73.3 cm³/mol. The van der Waals surface area contributed by atoms with Crippen molar-refractivity contribution in [1.82, 2.24) is 0 Å². The van der Waals surface area contributed by atoms with Crippen LogP contribution in [0.25, 0.3) is 11.1 Å². The fraction of sp³-hybridized carbons (Fsp3) is 0.0625. The van der Waals surface area contributed by atoms with Crippen molar-refractivity contribution in [1.29, 1.82) is 5.26 Å². The summed E-state index contributed by atoms with van der Waals surface area (Å²) in [6, 6.07) is 13.8. The first-order valence-corrected chi connectivity index (χ1v) is 5.87. The summed E-state index contributed by atoms with van der Waals surface area (Å²) in [5.74, 6) is -0.508. The number of methoxy groups -OCH3 is 1. The Balaban J connectivity index is 2.58. The van der Waals surface area contributed by atoms with E-state index in [0.717, 1.165) is 5.56 Å². The van der Waals surface area contributed by atoms with E-state index in [-0.39, 0.29) is 0 Å². The van der Waals surface area contributed by atoms with Crippen LogP contribution < -0.4 is 0 Å². The Bertz CT molecular complexity index is 714. The molecule has 0 fully saturated rings. The number of carbonyl (C=O) groups excluding carboxylic acids is 2. The SMILES string of the molecule is COC(=O)c1cc(C=O)cc(-c2cccc(C#N)c2)c1. The van der Waals surface area contributed by atoms with Crippen LogP contribution in [0.2, 0.25) is 0 Å². The summed E-state index contributed by atoms with van der Waals surface area (Å²) in [7, 11) is 1.28. The maximum absolute atomic E-state index is 11.6. The van der Waals surface area contributed by atoms with Crippen molar-refractivity contribution in [2.24, 2.45) is 0 Å². The third-order valence-corrected chi connectivity index (χ3v) is 2.84. The molecule has 4 heteroatoms. The fourth-order valence-electron chi connectivity index (χ4n) is 1.89. The number of nitriles is 1. The first-order chi connectivity index (χ1) is 9.67. The van der Waals surface area contributed by atoms with E-state index in [9.17, 15) is 9.59 Å². The van der Waals surface area contributed by atoms with E-state index in [1.54, 1.807) is 30.3 Å². The molecular formula is C16H11NO3. The normalized spacial score (nSPS) is 9.60. The van der Waals surface area contributed by atoms with Crippen molar-refractivity contribution in [2.45, 2.75) is 0 Å². The minimum Gasteiger partial charge on any atom is -0.465 e. The summed E-state index contributed by atoms with van der Waals surface area (Å²) in [5.41, 5.74) is 2.64. The van der Waals surface area contributed by atoms with Crippen LogP contribution in [0.4, 0.5) is 0 Å². The number of benzene rings is 2. The molecule has 0 saturated carbocycles. The lowest BCUT2D eigenvalue weighted by Crippen LogP contribution is -2.02. The molecule has 0 aromatic heterocycles. The smallest absolute Gasteiger partial charge is 0.337 e. The minimum atomic E-state index is -0.508. The van der Waals surface area contributed by atoms with Crippen molar-refractivity contribution >= 4 is 12.3 Å². The minimum absolute atomic E-state index is 0.300. The number of ether oxygens (including phenoxy) is 1. The van der Waals surface area contributed by atoms with Gasteiger partial charge in [-0.1, -0.05) is 12.1 Å². The van der Waals surface area contributed by atoms with Crippen LogP contribution in [0.1, 0.15) is 26.3 Å². The molecule has 0 aliphatic rings. The molecule has 0 aliphatic heterocycles. The van der Waals surface area contributed by atoms with Gasteiger partial charge >= 0.3 is 5.97 Å². The summed E-state index contributed by atoms with van der Waals surface area (Å²) in [4.78, 5) is 22.6. The van der Waals surface area contributed by atoms with Gasteiger partial charge in [-0.25, -0.2) is 4.79 Å². The zero-order valence-electron chi connectivity index (χ0n) is 10.8. The first kappa shape index (κ1) is 13.5. The van der Waals surface area contributed by atoms with Crippen LogP contribution in [0.5, 0.6) is 0 Å². The highest BCUT2D eigenvalue weighted by molar-refractivity contribution is 5.94. The molecule has 0 saturated heterocycles. The van der Waals surface area contributed by atoms with Crippen molar-refractivity contribution in [3.63, 3.8) is 0 Å². The topological polar surface area (TPSA) is 67.2 Å². The molecule has 0 atom stereocenters. The first-order valence-electron chi connectivity index (χ1n) is 5.87. The lowest BCUT2D eigenvalue weighted by Gasteiger charge is -2.06. The van der Waals surface area contributed by atoms with Crippen molar-refractivity contribution in [2.75, 3.05) is 7.11 Å². The maximum Gasteiger partial charge on any atom is 0.337 e. The number of nitrogens with zero attached hydrogens (tertiary/aromatic N) is 1. The summed E-state index contributed by atoms with van der Waals surface area (Å²) >= 11 is 0. The second-order valence-electron chi connectivity index (χ2n) is 4.15. The van der Waals surface area contributed by atoms with Gasteiger partial charge in [0.1, 0.15) is 6.29 Å². The van der Waals surface area contributed by atoms with E-state index in [0.29, 0.717) is 28.5 Å². The molecule has 0 bridgehead atoms.